The number of rotatable bonds is 4. The van der Waals surface area contributed by atoms with Crippen molar-refractivity contribution < 1.29 is 13.6 Å². The molecule has 0 bridgehead atoms. The van der Waals surface area contributed by atoms with Crippen molar-refractivity contribution in [2.45, 2.75) is 12.5 Å². The quantitative estimate of drug-likeness (QED) is 0.642. The number of fused-ring (bicyclic) bond motifs is 1. The minimum atomic E-state index is -3.16. The van der Waals surface area contributed by atoms with Crippen molar-refractivity contribution in [3.8, 4) is 11.4 Å². The Hall–Kier alpha value is -3.49. The van der Waals surface area contributed by atoms with Crippen molar-refractivity contribution in [2.75, 3.05) is 18.0 Å². The third-order valence-corrected chi connectivity index (χ3v) is 4.36. The zero-order valence-electron chi connectivity index (χ0n) is 14.6. The van der Waals surface area contributed by atoms with E-state index in [1.165, 1.54) is 12.5 Å². The summed E-state index contributed by atoms with van der Waals surface area (Å²) in [7, 11) is 0. The van der Waals surface area contributed by atoms with Crippen LogP contribution < -0.4 is 10.5 Å². The van der Waals surface area contributed by atoms with Gasteiger partial charge in [-0.15, -0.1) is 0 Å². The number of hydrogen-bond acceptors (Lipinski definition) is 6. The van der Waals surface area contributed by atoms with Gasteiger partial charge in [0.15, 0.2) is 5.78 Å². The molecule has 3 heterocycles. The second-order valence-corrected chi connectivity index (χ2v) is 6.46. The summed E-state index contributed by atoms with van der Waals surface area (Å²) in [4.78, 5) is 38.4. The molecule has 3 aromatic rings. The highest BCUT2D eigenvalue weighted by atomic mass is 19.3. The average molecular weight is 383 g/mol. The summed E-state index contributed by atoms with van der Waals surface area (Å²) >= 11 is 0. The molecular weight excluding hydrogens is 368 g/mol. The fourth-order valence-corrected chi connectivity index (χ4v) is 3.10. The fraction of sp³-hybridized carbons (Fsp3) is 0.211. The number of anilines is 1. The molecule has 0 radical (unpaired) electrons. The van der Waals surface area contributed by atoms with Crippen LogP contribution in [0.4, 0.5) is 14.7 Å². The molecule has 9 heteroatoms. The lowest BCUT2D eigenvalue weighted by atomic mass is 10.1. The van der Waals surface area contributed by atoms with Crippen LogP contribution in [0.2, 0.25) is 0 Å². The monoisotopic (exact) mass is 383 g/mol. The first-order chi connectivity index (χ1) is 13.4. The number of benzene rings is 1. The van der Waals surface area contributed by atoms with Crippen LogP contribution in [0.15, 0.2) is 59.8 Å². The number of alkyl halides is 2. The molecule has 0 saturated carbocycles. The van der Waals surface area contributed by atoms with E-state index in [0.29, 0.717) is 11.3 Å². The van der Waals surface area contributed by atoms with E-state index in [4.69, 9.17) is 0 Å². The summed E-state index contributed by atoms with van der Waals surface area (Å²) < 4.78 is 29.4. The third kappa shape index (κ3) is 3.51. The van der Waals surface area contributed by atoms with Crippen LogP contribution in [-0.2, 0) is 6.54 Å². The number of ketones is 1. The average Bonchev–Trinajstić information content (AvgIpc) is 2.69. The third-order valence-electron chi connectivity index (χ3n) is 4.36. The van der Waals surface area contributed by atoms with Crippen molar-refractivity contribution in [2.24, 2.45) is 0 Å². The van der Waals surface area contributed by atoms with E-state index < -0.39 is 24.6 Å². The predicted molar refractivity (Wildman–Crippen MR) is 97.5 cm³/mol. The SMILES string of the molecule is O=C(CN1CC(F)(F)Cn2c1nc(-c1ccncn1)cc2=O)c1ccccc1. The van der Waals surface area contributed by atoms with Crippen molar-refractivity contribution in [1.29, 1.82) is 0 Å². The fourth-order valence-electron chi connectivity index (χ4n) is 3.10. The highest BCUT2D eigenvalue weighted by Crippen LogP contribution is 2.28. The molecule has 4 rings (SSSR count). The van der Waals surface area contributed by atoms with Gasteiger partial charge >= 0.3 is 0 Å². The van der Waals surface area contributed by atoms with Gasteiger partial charge in [-0.05, 0) is 6.07 Å². The standard InChI is InChI=1S/C19H15F2N5O2/c20-19(21)10-25(9-16(27)13-4-2-1-3-5-13)18-24-15(8-17(28)26(18)11-19)14-6-7-22-12-23-14/h1-8,12H,9-11H2. The molecule has 0 amide bonds. The van der Waals surface area contributed by atoms with Crippen LogP contribution in [0, 0.1) is 0 Å². The van der Waals surface area contributed by atoms with Crippen LogP contribution in [0.3, 0.4) is 0 Å². The zero-order valence-corrected chi connectivity index (χ0v) is 14.6. The molecule has 0 saturated heterocycles. The summed E-state index contributed by atoms with van der Waals surface area (Å²) in [5.74, 6) is -3.48. The van der Waals surface area contributed by atoms with Gasteiger partial charge in [-0.3, -0.25) is 14.2 Å². The van der Waals surface area contributed by atoms with Crippen LogP contribution in [0.5, 0.6) is 0 Å². The lowest BCUT2D eigenvalue weighted by Crippen LogP contribution is -2.51. The minimum Gasteiger partial charge on any atom is -0.328 e. The predicted octanol–water partition coefficient (Wildman–Crippen LogP) is 2.04. The molecule has 0 spiro atoms. The molecule has 0 atom stereocenters. The number of halogens is 2. The maximum absolute atomic E-state index is 14.2. The van der Waals surface area contributed by atoms with Crippen LogP contribution >= 0.6 is 0 Å². The van der Waals surface area contributed by atoms with E-state index in [9.17, 15) is 18.4 Å². The first kappa shape index (κ1) is 17.9. The Balaban J connectivity index is 1.76. The van der Waals surface area contributed by atoms with Crippen molar-refractivity contribution in [3.63, 3.8) is 0 Å². The number of carbonyl (C=O) groups excluding carboxylic acids is 1. The highest BCUT2D eigenvalue weighted by Gasteiger charge is 2.40. The van der Waals surface area contributed by atoms with Gasteiger partial charge in [0.2, 0.25) is 5.95 Å². The van der Waals surface area contributed by atoms with Gasteiger partial charge < -0.3 is 4.90 Å². The van der Waals surface area contributed by atoms with Crippen molar-refractivity contribution in [3.05, 3.63) is 70.9 Å². The lowest BCUT2D eigenvalue weighted by molar-refractivity contribution is -0.0172. The second kappa shape index (κ2) is 6.91. The molecule has 1 aliphatic heterocycles. The number of aromatic nitrogens is 4. The molecule has 0 aliphatic carbocycles. The Kier molecular flexibility index (Phi) is 4.42. The summed E-state index contributed by atoms with van der Waals surface area (Å²) in [5.41, 5.74) is 0.399. The molecule has 0 unspecified atom stereocenters. The van der Waals surface area contributed by atoms with E-state index in [-0.39, 0.29) is 24.0 Å². The Labute approximate surface area is 158 Å². The Morgan fingerprint density at radius 2 is 1.89 bits per heavy atom. The van der Waals surface area contributed by atoms with Gasteiger partial charge in [0.25, 0.3) is 11.5 Å². The van der Waals surface area contributed by atoms with Crippen LogP contribution in [-0.4, -0.2) is 44.3 Å². The van der Waals surface area contributed by atoms with E-state index in [2.05, 4.69) is 15.0 Å². The first-order valence-electron chi connectivity index (χ1n) is 8.52. The summed E-state index contributed by atoms with van der Waals surface area (Å²) in [6.07, 6.45) is 2.80. The summed E-state index contributed by atoms with van der Waals surface area (Å²) in [6.45, 7) is -1.81. The molecule has 0 N–H and O–H groups in total. The molecule has 0 fully saturated rings. The Morgan fingerprint density at radius 1 is 1.11 bits per heavy atom. The molecule has 2 aromatic heterocycles. The highest BCUT2D eigenvalue weighted by molar-refractivity contribution is 5.99. The van der Waals surface area contributed by atoms with Gasteiger partial charge in [0.1, 0.15) is 6.33 Å². The number of nitrogens with zero attached hydrogens (tertiary/aromatic N) is 5. The van der Waals surface area contributed by atoms with E-state index in [0.717, 1.165) is 15.5 Å². The smallest absolute Gasteiger partial charge is 0.283 e. The zero-order chi connectivity index (χ0) is 19.7. The molecule has 1 aliphatic rings. The lowest BCUT2D eigenvalue weighted by Gasteiger charge is -2.35. The first-order valence-corrected chi connectivity index (χ1v) is 8.52. The van der Waals surface area contributed by atoms with E-state index in [1.807, 2.05) is 0 Å². The summed E-state index contributed by atoms with van der Waals surface area (Å²) in [5, 5.41) is 0. The van der Waals surface area contributed by atoms with Gasteiger partial charge in [-0.25, -0.2) is 23.7 Å². The normalized spacial score (nSPS) is 15.1. The molecule has 7 nitrogen and oxygen atoms in total. The van der Waals surface area contributed by atoms with Crippen molar-refractivity contribution >= 4 is 11.7 Å². The number of Topliss-reactive ketones (excluding diaryl/α,β-unsaturated/α-hetero) is 1. The van der Waals surface area contributed by atoms with E-state index in [1.54, 1.807) is 36.4 Å². The Morgan fingerprint density at radius 3 is 2.61 bits per heavy atom. The van der Waals surface area contributed by atoms with Crippen LogP contribution in [0.1, 0.15) is 10.4 Å². The van der Waals surface area contributed by atoms with Gasteiger partial charge in [-0.1, -0.05) is 30.3 Å². The molecule has 142 valence electrons. The molecular formula is C19H15F2N5O2. The topological polar surface area (TPSA) is 81.0 Å². The van der Waals surface area contributed by atoms with Gasteiger partial charge in [0, 0.05) is 17.8 Å². The molecule has 28 heavy (non-hydrogen) atoms. The maximum atomic E-state index is 14.2. The number of carbonyl (C=O) groups is 1. The Bertz CT molecular complexity index is 1070. The van der Waals surface area contributed by atoms with E-state index >= 15 is 0 Å². The maximum Gasteiger partial charge on any atom is 0.283 e. The molecule has 1 aromatic carbocycles. The largest absolute Gasteiger partial charge is 0.328 e. The second-order valence-electron chi connectivity index (χ2n) is 6.46. The van der Waals surface area contributed by atoms with Gasteiger partial charge in [0.05, 0.1) is 31.0 Å². The number of hydrogen-bond donors (Lipinski definition) is 0. The minimum absolute atomic E-state index is 0.0244. The van der Waals surface area contributed by atoms with Gasteiger partial charge in [-0.2, -0.15) is 0 Å². The van der Waals surface area contributed by atoms with Crippen molar-refractivity contribution in [1.82, 2.24) is 19.5 Å². The summed E-state index contributed by atoms with van der Waals surface area (Å²) in [6, 6.07) is 11.1. The van der Waals surface area contributed by atoms with Crippen LogP contribution in [0.25, 0.3) is 11.4 Å².